The number of aryl methyl sites for hydroxylation is 1. The summed E-state index contributed by atoms with van der Waals surface area (Å²) in [5, 5.41) is 2.11. The van der Waals surface area contributed by atoms with Gasteiger partial charge in [-0.15, -0.1) is 13.2 Å². The average molecular weight is 400 g/mol. The van der Waals surface area contributed by atoms with E-state index < -0.39 is 12.0 Å². The third-order valence-electron chi connectivity index (χ3n) is 4.54. The van der Waals surface area contributed by atoms with Gasteiger partial charge >= 0.3 is 12.0 Å². The summed E-state index contributed by atoms with van der Waals surface area (Å²) in [5.74, 6) is 0.225. The molecule has 0 saturated heterocycles. The summed E-state index contributed by atoms with van der Waals surface area (Å²) in [4.78, 5) is 12.3. The Labute approximate surface area is 163 Å². The summed E-state index contributed by atoms with van der Waals surface area (Å²) in [5.41, 5.74) is 1.36. The molecule has 1 heterocycles. The van der Waals surface area contributed by atoms with Crippen molar-refractivity contribution < 1.29 is 27.1 Å². The van der Waals surface area contributed by atoms with Crippen molar-refractivity contribution in [3.63, 3.8) is 0 Å². The zero-order valence-electron chi connectivity index (χ0n) is 15.2. The summed E-state index contributed by atoms with van der Waals surface area (Å²) in [7, 11) is 0. The lowest BCUT2D eigenvalue weighted by atomic mass is 10.0. The largest absolute Gasteiger partial charge is 0.573 e. The molecule has 0 radical (unpaired) electrons. The molecule has 0 fully saturated rings. The molecule has 1 aromatic heterocycles. The fourth-order valence-electron chi connectivity index (χ4n) is 3.17. The van der Waals surface area contributed by atoms with Gasteiger partial charge in [-0.2, -0.15) is 0 Å². The van der Waals surface area contributed by atoms with Crippen LogP contribution in [0.3, 0.4) is 0 Å². The number of alkyl halides is 3. The molecule has 4 aromatic rings. The number of rotatable bonds is 4. The zero-order valence-corrected chi connectivity index (χ0v) is 15.2. The van der Waals surface area contributed by atoms with E-state index in [9.17, 15) is 18.0 Å². The van der Waals surface area contributed by atoms with Crippen molar-refractivity contribution >= 4 is 21.7 Å². The summed E-state index contributed by atoms with van der Waals surface area (Å²) in [6.45, 7) is 1.92. The molecule has 0 saturated carbocycles. The Morgan fingerprint density at radius 3 is 2.28 bits per heavy atom. The lowest BCUT2D eigenvalue weighted by molar-refractivity contribution is -0.274. The van der Waals surface area contributed by atoms with E-state index in [1.54, 1.807) is 25.1 Å². The van der Waals surface area contributed by atoms with Gasteiger partial charge in [0.05, 0.1) is 5.39 Å². The zero-order chi connectivity index (χ0) is 20.6. The topological polar surface area (TPSA) is 48.7 Å². The number of ether oxygens (including phenoxy) is 2. The van der Waals surface area contributed by atoms with E-state index in [1.807, 2.05) is 18.2 Å². The van der Waals surface area contributed by atoms with Crippen LogP contribution in [0.4, 0.5) is 13.2 Å². The molecule has 0 amide bonds. The Kier molecular flexibility index (Phi) is 4.66. The summed E-state index contributed by atoms with van der Waals surface area (Å²) >= 11 is 0. The smallest absolute Gasteiger partial charge is 0.488 e. The first-order valence-corrected chi connectivity index (χ1v) is 8.74. The molecule has 0 spiro atoms. The predicted octanol–water partition coefficient (Wildman–Crippen LogP) is 5.73. The van der Waals surface area contributed by atoms with Crippen LogP contribution in [0.25, 0.3) is 21.7 Å². The highest BCUT2D eigenvalue weighted by molar-refractivity contribution is 6.05. The molecular formula is C22H15F3O4. The first-order valence-electron chi connectivity index (χ1n) is 8.74. The lowest BCUT2D eigenvalue weighted by Crippen LogP contribution is -2.17. The summed E-state index contributed by atoms with van der Waals surface area (Å²) in [6, 6.07) is 16.2. The molecule has 4 nitrogen and oxygen atoms in total. The van der Waals surface area contributed by atoms with Gasteiger partial charge < -0.3 is 13.9 Å². The molecule has 0 unspecified atom stereocenters. The Morgan fingerprint density at radius 2 is 1.59 bits per heavy atom. The van der Waals surface area contributed by atoms with E-state index in [2.05, 4.69) is 4.74 Å². The van der Waals surface area contributed by atoms with Crippen molar-refractivity contribution in [2.75, 3.05) is 0 Å². The van der Waals surface area contributed by atoms with Gasteiger partial charge in [0.15, 0.2) is 0 Å². The fraction of sp³-hybridized carbons (Fsp3) is 0.136. The molecule has 29 heavy (non-hydrogen) atoms. The quantitative estimate of drug-likeness (QED) is 0.324. The van der Waals surface area contributed by atoms with E-state index in [0.29, 0.717) is 27.8 Å². The second kappa shape index (κ2) is 7.16. The van der Waals surface area contributed by atoms with Crippen LogP contribution in [0.2, 0.25) is 0 Å². The summed E-state index contributed by atoms with van der Waals surface area (Å²) < 4.78 is 51.8. The molecule has 0 atom stereocenters. The van der Waals surface area contributed by atoms with Crippen molar-refractivity contribution in [3.8, 4) is 11.5 Å². The van der Waals surface area contributed by atoms with Crippen LogP contribution in [-0.4, -0.2) is 6.36 Å². The molecule has 4 rings (SSSR count). The van der Waals surface area contributed by atoms with Crippen LogP contribution in [0, 0.1) is 6.92 Å². The standard InChI is InChI=1S/C22H15F3O4/c1-13-19(27-12-14-6-8-15(9-7-14)29-22(23,24)25)11-10-17-16-4-2-3-5-18(16)21(26)28-20(13)17/h2-11H,12H2,1H3. The highest BCUT2D eigenvalue weighted by atomic mass is 19.4. The van der Waals surface area contributed by atoms with E-state index in [-0.39, 0.29) is 12.4 Å². The minimum absolute atomic E-state index is 0.135. The molecule has 3 aromatic carbocycles. The van der Waals surface area contributed by atoms with Gasteiger partial charge in [0.2, 0.25) is 0 Å². The molecule has 148 valence electrons. The van der Waals surface area contributed by atoms with Gasteiger partial charge in [0.1, 0.15) is 23.7 Å². The predicted molar refractivity (Wildman–Crippen MR) is 102 cm³/mol. The molecule has 0 aliphatic heterocycles. The third kappa shape index (κ3) is 3.89. The van der Waals surface area contributed by atoms with Crippen molar-refractivity contribution in [3.05, 3.63) is 82.2 Å². The Hall–Kier alpha value is -3.48. The number of benzene rings is 3. The van der Waals surface area contributed by atoms with E-state index in [1.165, 1.54) is 24.3 Å². The second-order valence-electron chi connectivity index (χ2n) is 6.48. The molecule has 0 bridgehead atoms. The van der Waals surface area contributed by atoms with Crippen molar-refractivity contribution in [1.29, 1.82) is 0 Å². The van der Waals surface area contributed by atoms with E-state index in [4.69, 9.17) is 9.15 Å². The Bertz CT molecular complexity index is 1240. The normalized spacial score (nSPS) is 11.7. The maximum absolute atomic E-state index is 12.3. The first-order chi connectivity index (χ1) is 13.8. The van der Waals surface area contributed by atoms with Gasteiger partial charge in [0.25, 0.3) is 0 Å². The van der Waals surface area contributed by atoms with Crippen LogP contribution in [0.5, 0.6) is 11.5 Å². The maximum atomic E-state index is 12.3. The van der Waals surface area contributed by atoms with Gasteiger partial charge in [-0.3, -0.25) is 0 Å². The van der Waals surface area contributed by atoms with Crippen LogP contribution in [0.1, 0.15) is 11.1 Å². The fourth-order valence-corrected chi connectivity index (χ4v) is 3.17. The van der Waals surface area contributed by atoms with Crippen molar-refractivity contribution in [2.45, 2.75) is 19.9 Å². The van der Waals surface area contributed by atoms with Crippen LogP contribution < -0.4 is 15.1 Å². The van der Waals surface area contributed by atoms with Gasteiger partial charge in [-0.1, -0.05) is 30.3 Å². The van der Waals surface area contributed by atoms with Crippen LogP contribution in [-0.2, 0) is 6.61 Å². The lowest BCUT2D eigenvalue weighted by Gasteiger charge is -2.12. The second-order valence-corrected chi connectivity index (χ2v) is 6.48. The number of hydrogen-bond donors (Lipinski definition) is 0. The van der Waals surface area contributed by atoms with Crippen molar-refractivity contribution in [1.82, 2.24) is 0 Å². The summed E-state index contributed by atoms with van der Waals surface area (Å²) in [6.07, 6.45) is -4.73. The molecule has 0 N–H and O–H groups in total. The molecule has 7 heteroatoms. The van der Waals surface area contributed by atoms with Gasteiger partial charge in [0, 0.05) is 10.9 Å². The van der Waals surface area contributed by atoms with Gasteiger partial charge in [-0.05, 0) is 48.2 Å². The third-order valence-corrected chi connectivity index (χ3v) is 4.54. The highest BCUT2D eigenvalue weighted by Crippen LogP contribution is 2.31. The average Bonchev–Trinajstić information content (AvgIpc) is 2.68. The minimum atomic E-state index is -4.73. The molecule has 0 aliphatic rings. The Morgan fingerprint density at radius 1 is 0.897 bits per heavy atom. The monoisotopic (exact) mass is 400 g/mol. The Balaban J connectivity index is 1.60. The van der Waals surface area contributed by atoms with Gasteiger partial charge in [-0.25, -0.2) is 4.79 Å². The van der Waals surface area contributed by atoms with Crippen LogP contribution in [0.15, 0.2) is 69.9 Å². The highest BCUT2D eigenvalue weighted by Gasteiger charge is 2.30. The van der Waals surface area contributed by atoms with E-state index >= 15 is 0 Å². The van der Waals surface area contributed by atoms with E-state index in [0.717, 1.165) is 10.8 Å². The van der Waals surface area contributed by atoms with Crippen molar-refractivity contribution in [2.24, 2.45) is 0 Å². The first kappa shape index (κ1) is 18.9. The minimum Gasteiger partial charge on any atom is -0.488 e. The number of hydrogen-bond acceptors (Lipinski definition) is 4. The maximum Gasteiger partial charge on any atom is 0.573 e. The number of halogens is 3. The number of fused-ring (bicyclic) bond motifs is 3. The molecule has 0 aliphatic carbocycles. The van der Waals surface area contributed by atoms with Crippen LogP contribution >= 0.6 is 0 Å². The molecular weight excluding hydrogens is 385 g/mol. The SMILES string of the molecule is Cc1c(OCc2ccc(OC(F)(F)F)cc2)ccc2c1oc(=O)c1ccccc12.